The second-order valence-corrected chi connectivity index (χ2v) is 7.44. The first kappa shape index (κ1) is 18.5. The molecule has 1 aromatic carbocycles. The number of likely N-dealkylation sites (tertiary alicyclic amines) is 1. The summed E-state index contributed by atoms with van der Waals surface area (Å²) in [4.78, 5) is 18.3. The monoisotopic (exact) mass is 377 g/mol. The van der Waals surface area contributed by atoms with Gasteiger partial charge in [0.05, 0.1) is 6.04 Å². The van der Waals surface area contributed by atoms with Crippen molar-refractivity contribution >= 4 is 17.0 Å². The number of ether oxygens (including phenoxy) is 1. The molecule has 0 N–H and O–H groups in total. The molecule has 4 rings (SSSR count). The number of carbonyl (C=O) groups excluding carboxylic acids is 1. The fourth-order valence-corrected chi connectivity index (χ4v) is 4.04. The lowest BCUT2D eigenvalue weighted by Crippen LogP contribution is -2.37. The highest BCUT2D eigenvalue weighted by Crippen LogP contribution is 2.30. The number of pyridine rings is 1. The lowest BCUT2D eigenvalue weighted by Gasteiger charge is -2.25. The number of hydrogen-bond donors (Lipinski definition) is 0. The number of benzene rings is 1. The van der Waals surface area contributed by atoms with Crippen LogP contribution in [0.2, 0.25) is 0 Å². The zero-order valence-electron chi connectivity index (χ0n) is 16.4. The molecule has 5 heteroatoms. The number of aromatic nitrogens is 2. The van der Waals surface area contributed by atoms with Crippen LogP contribution in [0.25, 0.3) is 10.9 Å². The Balaban J connectivity index is 1.58. The highest BCUT2D eigenvalue weighted by molar-refractivity contribution is 5.83. The molecular weight excluding hydrogens is 350 g/mol. The van der Waals surface area contributed by atoms with Crippen molar-refractivity contribution in [2.75, 3.05) is 13.1 Å². The third-order valence-electron chi connectivity index (χ3n) is 5.50. The highest BCUT2D eigenvalue weighted by atomic mass is 16.6. The molecule has 0 spiro atoms. The van der Waals surface area contributed by atoms with Crippen LogP contribution in [0.5, 0.6) is 5.75 Å². The Labute approximate surface area is 165 Å². The Morgan fingerprint density at radius 1 is 1.11 bits per heavy atom. The van der Waals surface area contributed by atoms with Crippen molar-refractivity contribution in [2.24, 2.45) is 0 Å². The fourth-order valence-electron chi connectivity index (χ4n) is 4.04. The van der Waals surface area contributed by atoms with Crippen LogP contribution < -0.4 is 4.74 Å². The average molecular weight is 377 g/mol. The van der Waals surface area contributed by atoms with E-state index in [9.17, 15) is 4.79 Å². The number of fused-ring (bicyclic) bond motifs is 1. The smallest absolute Gasteiger partial charge is 0.410 e. The van der Waals surface area contributed by atoms with Crippen molar-refractivity contribution in [3.8, 4) is 5.75 Å². The summed E-state index contributed by atoms with van der Waals surface area (Å²) in [5.74, 6) is 0.608. The number of hydrogen-bond acceptors (Lipinski definition) is 3. The van der Waals surface area contributed by atoms with Gasteiger partial charge in [-0.2, -0.15) is 0 Å². The lowest BCUT2D eigenvalue weighted by molar-refractivity contribution is 0.142. The third-order valence-corrected chi connectivity index (χ3v) is 5.50. The Bertz CT molecular complexity index is 929. The van der Waals surface area contributed by atoms with E-state index in [4.69, 9.17) is 4.74 Å². The molecule has 0 saturated carbocycles. The molecule has 1 amide bonds. The molecule has 1 aliphatic heterocycles. The Morgan fingerprint density at radius 3 is 2.64 bits per heavy atom. The molecule has 146 valence electrons. The summed E-state index contributed by atoms with van der Waals surface area (Å²) in [5.41, 5.74) is 2.41. The summed E-state index contributed by atoms with van der Waals surface area (Å²) >= 11 is 0. The van der Waals surface area contributed by atoms with Crippen LogP contribution in [0.1, 0.15) is 50.6 Å². The number of amides is 1. The van der Waals surface area contributed by atoms with Gasteiger partial charge in [-0.15, -0.1) is 0 Å². The lowest BCUT2D eigenvalue weighted by atomic mass is 10.0. The first-order chi connectivity index (χ1) is 13.8. The van der Waals surface area contributed by atoms with Gasteiger partial charge in [-0.25, -0.2) is 4.79 Å². The Morgan fingerprint density at radius 2 is 1.89 bits per heavy atom. The number of rotatable bonds is 5. The van der Waals surface area contributed by atoms with Gasteiger partial charge in [-0.3, -0.25) is 4.98 Å². The van der Waals surface area contributed by atoms with Gasteiger partial charge in [0.2, 0.25) is 0 Å². The van der Waals surface area contributed by atoms with E-state index in [1.165, 1.54) is 12.0 Å². The molecule has 5 nitrogen and oxygen atoms in total. The van der Waals surface area contributed by atoms with Crippen LogP contribution in [-0.2, 0) is 0 Å². The summed E-state index contributed by atoms with van der Waals surface area (Å²) < 4.78 is 7.94. The van der Waals surface area contributed by atoms with Crippen molar-refractivity contribution in [1.29, 1.82) is 0 Å². The van der Waals surface area contributed by atoms with Gasteiger partial charge in [0.15, 0.2) is 0 Å². The van der Waals surface area contributed by atoms with Gasteiger partial charge in [-0.1, -0.05) is 13.3 Å². The predicted molar refractivity (Wildman–Crippen MR) is 111 cm³/mol. The second kappa shape index (κ2) is 8.46. The molecule has 0 bridgehead atoms. The van der Waals surface area contributed by atoms with Crippen molar-refractivity contribution in [1.82, 2.24) is 14.5 Å². The van der Waals surface area contributed by atoms with Gasteiger partial charge in [-0.05, 0) is 67.6 Å². The zero-order chi connectivity index (χ0) is 19.3. The second-order valence-electron chi connectivity index (χ2n) is 7.44. The summed E-state index contributed by atoms with van der Waals surface area (Å²) in [7, 11) is 0. The van der Waals surface area contributed by atoms with E-state index in [0.717, 1.165) is 49.7 Å². The van der Waals surface area contributed by atoms with E-state index >= 15 is 0 Å². The van der Waals surface area contributed by atoms with Crippen LogP contribution in [-0.4, -0.2) is 33.6 Å². The minimum atomic E-state index is -0.237. The van der Waals surface area contributed by atoms with E-state index in [1.54, 1.807) is 4.90 Å². The van der Waals surface area contributed by atoms with E-state index < -0.39 is 0 Å². The first-order valence-corrected chi connectivity index (χ1v) is 10.2. The Kier molecular flexibility index (Phi) is 5.60. The molecule has 2 aromatic heterocycles. The molecule has 1 fully saturated rings. The zero-order valence-corrected chi connectivity index (χ0v) is 16.4. The normalized spacial score (nSPS) is 15.5. The Hall–Kier alpha value is -2.82. The maximum Gasteiger partial charge on any atom is 0.415 e. The van der Waals surface area contributed by atoms with Crippen LogP contribution in [0.4, 0.5) is 4.79 Å². The average Bonchev–Trinajstić information content (AvgIpc) is 3.16. The summed E-state index contributed by atoms with van der Waals surface area (Å²) in [5, 5.41) is 1.08. The molecule has 28 heavy (non-hydrogen) atoms. The van der Waals surface area contributed by atoms with E-state index in [-0.39, 0.29) is 12.1 Å². The third kappa shape index (κ3) is 3.88. The van der Waals surface area contributed by atoms with E-state index in [2.05, 4.69) is 46.9 Å². The molecule has 3 aromatic rings. The number of piperidine rings is 1. The van der Waals surface area contributed by atoms with Gasteiger partial charge >= 0.3 is 6.09 Å². The molecule has 1 unspecified atom stereocenters. The minimum absolute atomic E-state index is 0.237. The maximum atomic E-state index is 12.4. The van der Waals surface area contributed by atoms with Gasteiger partial charge in [0, 0.05) is 42.6 Å². The molecule has 1 atom stereocenters. The molecule has 0 radical (unpaired) electrons. The predicted octanol–water partition coefficient (Wildman–Crippen LogP) is 5.41. The number of carbonyl (C=O) groups is 1. The molecule has 0 aliphatic carbocycles. The SMILES string of the molecule is CCCC(c1ccncc1)n1ccc2cc(OC(=O)N3CCCCC3)ccc21. The van der Waals surface area contributed by atoms with Crippen molar-refractivity contribution in [2.45, 2.75) is 45.1 Å². The van der Waals surface area contributed by atoms with Crippen LogP contribution in [0, 0.1) is 0 Å². The van der Waals surface area contributed by atoms with Crippen LogP contribution >= 0.6 is 0 Å². The van der Waals surface area contributed by atoms with Gasteiger partial charge in [0.25, 0.3) is 0 Å². The quantitative estimate of drug-likeness (QED) is 0.597. The fraction of sp³-hybridized carbons (Fsp3) is 0.391. The van der Waals surface area contributed by atoms with E-state index in [0.29, 0.717) is 5.75 Å². The van der Waals surface area contributed by atoms with Gasteiger partial charge in [0.1, 0.15) is 5.75 Å². The minimum Gasteiger partial charge on any atom is -0.410 e. The number of nitrogens with zero attached hydrogens (tertiary/aromatic N) is 3. The molecule has 3 heterocycles. The highest BCUT2D eigenvalue weighted by Gasteiger charge is 2.19. The van der Waals surface area contributed by atoms with Crippen molar-refractivity contribution < 1.29 is 9.53 Å². The van der Waals surface area contributed by atoms with Gasteiger partial charge < -0.3 is 14.2 Å². The van der Waals surface area contributed by atoms with Crippen LogP contribution in [0.15, 0.2) is 55.0 Å². The first-order valence-electron chi connectivity index (χ1n) is 10.2. The van der Waals surface area contributed by atoms with Crippen LogP contribution in [0.3, 0.4) is 0 Å². The van der Waals surface area contributed by atoms with Crippen molar-refractivity contribution in [3.63, 3.8) is 0 Å². The maximum absolute atomic E-state index is 12.4. The van der Waals surface area contributed by atoms with Crippen molar-refractivity contribution in [3.05, 3.63) is 60.6 Å². The molecule has 1 saturated heterocycles. The largest absolute Gasteiger partial charge is 0.415 e. The molecular formula is C23H27N3O2. The standard InChI is InChI=1S/C23H27N3O2/c1-2-6-21(18-9-12-24-13-10-18)26-16-11-19-17-20(7-8-22(19)26)28-23(27)25-14-4-3-5-15-25/h7-13,16-17,21H,2-6,14-15H2,1H3. The summed E-state index contributed by atoms with van der Waals surface area (Å²) in [6.07, 6.45) is 11.1. The summed E-state index contributed by atoms with van der Waals surface area (Å²) in [6.45, 7) is 3.79. The summed E-state index contributed by atoms with van der Waals surface area (Å²) in [6, 6.07) is 12.4. The molecule has 1 aliphatic rings. The topological polar surface area (TPSA) is 47.4 Å². The van der Waals surface area contributed by atoms with E-state index in [1.807, 2.05) is 24.5 Å².